The molecule has 0 spiro atoms. The van der Waals surface area contributed by atoms with E-state index in [0.29, 0.717) is 27.8 Å². The molecule has 1 aromatic heterocycles. The molecule has 5 heteroatoms. The molecule has 0 amide bonds. The molecule has 0 bridgehead atoms. The van der Waals surface area contributed by atoms with E-state index < -0.39 is 0 Å². The Hall–Kier alpha value is -3.21. The first-order valence-corrected chi connectivity index (χ1v) is 7.13. The Labute approximate surface area is 138 Å². The molecular weight excluding hydrogens is 308 g/mol. The van der Waals surface area contributed by atoms with Gasteiger partial charge in [0.25, 0.3) is 0 Å². The molecule has 0 unspecified atom stereocenters. The Balaban J connectivity index is 2.04. The van der Waals surface area contributed by atoms with Gasteiger partial charge in [0, 0.05) is 17.2 Å². The van der Waals surface area contributed by atoms with Gasteiger partial charge >= 0.3 is 0 Å². The summed E-state index contributed by atoms with van der Waals surface area (Å²) in [5.41, 5.74) is 3.46. The third-order valence-electron chi connectivity index (χ3n) is 3.28. The zero-order valence-corrected chi connectivity index (χ0v) is 12.6. The van der Waals surface area contributed by atoms with Crippen LogP contribution < -0.4 is 0 Å². The highest BCUT2D eigenvalue weighted by Gasteiger charge is 2.08. The van der Waals surface area contributed by atoms with Crippen molar-refractivity contribution in [3.8, 4) is 34.8 Å². The molecule has 0 aliphatic carbocycles. The van der Waals surface area contributed by atoms with E-state index >= 15 is 0 Å². The summed E-state index contributed by atoms with van der Waals surface area (Å²) in [5, 5.41) is 18.0. The SMILES string of the molecule is N#Cc1ccc(-c2cc(Cl)nc(-c3ccc(C#N)cc3)n2)cc1. The summed E-state index contributed by atoms with van der Waals surface area (Å²) in [6, 6.07) is 19.9. The van der Waals surface area contributed by atoms with Crippen molar-refractivity contribution in [1.82, 2.24) is 9.97 Å². The Morgan fingerprint density at radius 2 is 1.26 bits per heavy atom. The van der Waals surface area contributed by atoms with Gasteiger partial charge in [-0.05, 0) is 36.4 Å². The lowest BCUT2D eigenvalue weighted by Gasteiger charge is -2.06. The van der Waals surface area contributed by atoms with E-state index in [-0.39, 0.29) is 0 Å². The lowest BCUT2D eigenvalue weighted by Crippen LogP contribution is -1.93. The molecule has 0 N–H and O–H groups in total. The van der Waals surface area contributed by atoms with Gasteiger partial charge in [-0.1, -0.05) is 23.7 Å². The van der Waals surface area contributed by atoms with Crippen LogP contribution in [0.4, 0.5) is 0 Å². The maximum atomic E-state index is 8.86. The highest BCUT2D eigenvalue weighted by molar-refractivity contribution is 6.29. The summed E-state index contributed by atoms with van der Waals surface area (Å²) in [6.07, 6.45) is 0. The summed E-state index contributed by atoms with van der Waals surface area (Å²) in [7, 11) is 0. The summed E-state index contributed by atoms with van der Waals surface area (Å²) in [5.74, 6) is 0.487. The van der Waals surface area contributed by atoms with Crippen molar-refractivity contribution in [1.29, 1.82) is 10.5 Å². The molecule has 2 aromatic carbocycles. The molecule has 3 aromatic rings. The van der Waals surface area contributed by atoms with Gasteiger partial charge in [0.15, 0.2) is 5.82 Å². The quantitative estimate of drug-likeness (QED) is 0.664. The first-order valence-electron chi connectivity index (χ1n) is 6.75. The van der Waals surface area contributed by atoms with Crippen LogP contribution in [0.25, 0.3) is 22.6 Å². The number of benzene rings is 2. The molecule has 0 aliphatic heterocycles. The Morgan fingerprint density at radius 1 is 0.739 bits per heavy atom. The number of nitriles is 2. The molecule has 4 nitrogen and oxygen atoms in total. The number of nitrogens with zero attached hydrogens (tertiary/aromatic N) is 4. The molecule has 0 atom stereocenters. The normalized spacial score (nSPS) is 9.87. The minimum atomic E-state index is 0.332. The number of aromatic nitrogens is 2. The van der Waals surface area contributed by atoms with Gasteiger partial charge < -0.3 is 0 Å². The van der Waals surface area contributed by atoms with Crippen LogP contribution in [0.5, 0.6) is 0 Å². The third-order valence-corrected chi connectivity index (χ3v) is 3.47. The molecular formula is C18H9ClN4. The van der Waals surface area contributed by atoms with E-state index in [1.165, 1.54) is 0 Å². The van der Waals surface area contributed by atoms with Gasteiger partial charge in [-0.15, -0.1) is 0 Å². The molecule has 3 rings (SSSR count). The van der Waals surface area contributed by atoms with Gasteiger partial charge in [0.1, 0.15) is 5.15 Å². The van der Waals surface area contributed by atoms with Crippen LogP contribution >= 0.6 is 11.6 Å². The minimum Gasteiger partial charge on any atom is -0.228 e. The Morgan fingerprint density at radius 3 is 1.78 bits per heavy atom. The van der Waals surface area contributed by atoms with E-state index in [4.69, 9.17) is 22.1 Å². The van der Waals surface area contributed by atoms with Gasteiger partial charge in [0.05, 0.1) is 29.0 Å². The van der Waals surface area contributed by atoms with E-state index in [2.05, 4.69) is 22.1 Å². The van der Waals surface area contributed by atoms with Crippen molar-refractivity contribution in [3.05, 3.63) is 70.9 Å². The van der Waals surface area contributed by atoms with Crippen LogP contribution in [-0.4, -0.2) is 9.97 Å². The summed E-state index contributed by atoms with van der Waals surface area (Å²) in [6.45, 7) is 0. The van der Waals surface area contributed by atoms with Crippen molar-refractivity contribution >= 4 is 11.6 Å². The van der Waals surface area contributed by atoms with Crippen molar-refractivity contribution in [2.75, 3.05) is 0 Å². The topological polar surface area (TPSA) is 73.4 Å². The van der Waals surface area contributed by atoms with E-state index in [0.717, 1.165) is 11.1 Å². The maximum Gasteiger partial charge on any atom is 0.161 e. The smallest absolute Gasteiger partial charge is 0.161 e. The second-order valence-electron chi connectivity index (χ2n) is 4.78. The van der Waals surface area contributed by atoms with Crippen LogP contribution in [0.2, 0.25) is 5.15 Å². The molecule has 0 radical (unpaired) electrons. The van der Waals surface area contributed by atoms with E-state index in [9.17, 15) is 0 Å². The Kier molecular flexibility index (Phi) is 4.01. The van der Waals surface area contributed by atoms with Gasteiger partial charge in [0.2, 0.25) is 0 Å². The largest absolute Gasteiger partial charge is 0.228 e. The van der Waals surface area contributed by atoms with Crippen LogP contribution in [0.1, 0.15) is 11.1 Å². The van der Waals surface area contributed by atoms with Crippen molar-refractivity contribution < 1.29 is 0 Å². The first-order chi connectivity index (χ1) is 11.2. The predicted octanol–water partition coefficient (Wildman–Crippen LogP) is 4.21. The van der Waals surface area contributed by atoms with Gasteiger partial charge in [-0.2, -0.15) is 10.5 Å². The second kappa shape index (κ2) is 6.27. The molecule has 0 aliphatic rings. The fourth-order valence-corrected chi connectivity index (χ4v) is 2.29. The molecule has 1 heterocycles. The maximum absolute atomic E-state index is 8.86. The summed E-state index contributed by atoms with van der Waals surface area (Å²) >= 11 is 6.11. The molecule has 23 heavy (non-hydrogen) atoms. The molecule has 0 saturated heterocycles. The third kappa shape index (κ3) is 3.18. The molecule has 0 fully saturated rings. The zero-order valence-electron chi connectivity index (χ0n) is 11.9. The van der Waals surface area contributed by atoms with Crippen LogP contribution in [-0.2, 0) is 0 Å². The number of hydrogen-bond acceptors (Lipinski definition) is 4. The number of hydrogen-bond donors (Lipinski definition) is 0. The van der Waals surface area contributed by atoms with E-state index in [1.54, 1.807) is 42.5 Å². The number of halogens is 1. The fourth-order valence-electron chi connectivity index (χ4n) is 2.10. The average Bonchev–Trinajstić information content (AvgIpc) is 2.61. The monoisotopic (exact) mass is 316 g/mol. The van der Waals surface area contributed by atoms with E-state index in [1.807, 2.05) is 12.1 Å². The van der Waals surface area contributed by atoms with Crippen LogP contribution in [0.3, 0.4) is 0 Å². The predicted molar refractivity (Wildman–Crippen MR) is 87.3 cm³/mol. The number of rotatable bonds is 2. The van der Waals surface area contributed by atoms with Crippen molar-refractivity contribution in [2.45, 2.75) is 0 Å². The molecule has 0 saturated carbocycles. The Bertz CT molecular complexity index is 857. The highest BCUT2D eigenvalue weighted by atomic mass is 35.5. The zero-order chi connectivity index (χ0) is 16.2. The lowest BCUT2D eigenvalue weighted by molar-refractivity contribution is 1.18. The van der Waals surface area contributed by atoms with Crippen molar-refractivity contribution in [2.24, 2.45) is 0 Å². The van der Waals surface area contributed by atoms with Gasteiger partial charge in [-0.3, -0.25) is 0 Å². The fraction of sp³-hybridized carbons (Fsp3) is 0. The minimum absolute atomic E-state index is 0.332. The van der Waals surface area contributed by atoms with Crippen molar-refractivity contribution in [3.63, 3.8) is 0 Å². The highest BCUT2D eigenvalue weighted by Crippen LogP contribution is 2.24. The van der Waals surface area contributed by atoms with Crippen LogP contribution in [0.15, 0.2) is 54.6 Å². The second-order valence-corrected chi connectivity index (χ2v) is 5.17. The van der Waals surface area contributed by atoms with Crippen LogP contribution in [0, 0.1) is 22.7 Å². The van der Waals surface area contributed by atoms with Gasteiger partial charge in [-0.25, -0.2) is 9.97 Å². The summed E-state index contributed by atoms with van der Waals surface area (Å²) < 4.78 is 0. The average molecular weight is 317 g/mol. The lowest BCUT2D eigenvalue weighted by atomic mass is 10.1. The standard InChI is InChI=1S/C18H9ClN4/c19-17-9-16(14-5-1-12(10-20)2-6-14)22-18(23-17)15-7-3-13(11-21)4-8-15/h1-9H. The first kappa shape index (κ1) is 14.7. The molecule has 108 valence electrons. The summed E-state index contributed by atoms with van der Waals surface area (Å²) in [4.78, 5) is 8.76.